The van der Waals surface area contributed by atoms with Crippen LogP contribution in [-0.2, 0) is 4.79 Å². The van der Waals surface area contributed by atoms with E-state index in [1.165, 1.54) is 13.3 Å². The highest BCUT2D eigenvalue weighted by molar-refractivity contribution is 5.80. The van der Waals surface area contributed by atoms with Crippen molar-refractivity contribution in [3.63, 3.8) is 0 Å². The predicted octanol–water partition coefficient (Wildman–Crippen LogP) is 0.406. The van der Waals surface area contributed by atoms with Crippen molar-refractivity contribution >= 4 is 5.91 Å². The lowest BCUT2D eigenvalue weighted by Gasteiger charge is -2.10. The van der Waals surface area contributed by atoms with E-state index in [0.29, 0.717) is 5.82 Å². The largest absolute Gasteiger partial charge is 0.345 e. The van der Waals surface area contributed by atoms with Crippen LogP contribution >= 0.6 is 0 Å². The summed E-state index contributed by atoms with van der Waals surface area (Å²) in [7, 11) is 0. The van der Waals surface area contributed by atoms with Gasteiger partial charge in [0.1, 0.15) is 5.92 Å². The maximum absolute atomic E-state index is 11.3. The molecule has 6 nitrogen and oxygen atoms in total. The molecule has 1 rings (SSSR count). The summed E-state index contributed by atoms with van der Waals surface area (Å²) in [6, 6.07) is 1.49. The molecule has 0 spiro atoms. The topological polar surface area (TPSA) is 91.8 Å². The molecular formula is C8H10N4O2. The van der Waals surface area contributed by atoms with E-state index in [2.05, 4.69) is 20.0 Å². The number of carbonyl (C=O) groups is 1. The Bertz CT molecular complexity index is 341. The van der Waals surface area contributed by atoms with E-state index in [1.54, 1.807) is 6.92 Å². The number of carbonyl (C=O) groups excluding carboxylic acids is 1. The molecule has 0 radical (unpaired) electrons. The molecular weight excluding hydrogens is 184 g/mol. The summed E-state index contributed by atoms with van der Waals surface area (Å²) in [6.07, 6.45) is 1.19. The van der Waals surface area contributed by atoms with Crippen LogP contribution < -0.4 is 5.32 Å². The third kappa shape index (κ3) is 2.29. The quantitative estimate of drug-likeness (QED) is 0.752. The smallest absolute Gasteiger partial charge is 0.237 e. The molecule has 6 heteroatoms. The minimum absolute atomic E-state index is 0.343. The minimum atomic E-state index is -0.677. The zero-order chi connectivity index (χ0) is 10.6. The van der Waals surface area contributed by atoms with Crippen molar-refractivity contribution < 1.29 is 9.32 Å². The van der Waals surface area contributed by atoms with Crippen molar-refractivity contribution in [3.8, 4) is 6.07 Å². The van der Waals surface area contributed by atoms with Gasteiger partial charge in [-0.3, -0.25) is 4.79 Å². The normalized spacial score (nSPS) is 14.1. The van der Waals surface area contributed by atoms with Gasteiger partial charge in [0.25, 0.3) is 0 Å². The van der Waals surface area contributed by atoms with Gasteiger partial charge in [0, 0.05) is 0 Å². The van der Waals surface area contributed by atoms with Crippen molar-refractivity contribution in [2.45, 2.75) is 19.9 Å². The molecule has 1 aromatic heterocycles. The first kappa shape index (κ1) is 10.2. The minimum Gasteiger partial charge on any atom is -0.345 e. The Hall–Kier alpha value is -1.90. The number of rotatable bonds is 3. The monoisotopic (exact) mass is 194 g/mol. The van der Waals surface area contributed by atoms with Gasteiger partial charge < -0.3 is 9.84 Å². The first-order chi connectivity index (χ1) is 6.65. The molecule has 1 heterocycles. The Kier molecular flexibility index (Phi) is 3.18. The molecule has 0 fully saturated rings. The highest BCUT2D eigenvalue weighted by Crippen LogP contribution is 2.06. The Labute approximate surface area is 80.9 Å². The van der Waals surface area contributed by atoms with Gasteiger partial charge in [0.05, 0.1) is 12.1 Å². The van der Waals surface area contributed by atoms with Crippen molar-refractivity contribution in [2.24, 2.45) is 5.92 Å². The number of aromatic nitrogens is 2. The van der Waals surface area contributed by atoms with Gasteiger partial charge >= 0.3 is 0 Å². The average molecular weight is 194 g/mol. The molecule has 0 bridgehead atoms. The van der Waals surface area contributed by atoms with Gasteiger partial charge in [-0.15, -0.1) is 0 Å². The summed E-state index contributed by atoms with van der Waals surface area (Å²) in [5.74, 6) is -0.627. The SMILES string of the molecule is CC(C#N)C(=O)NC(C)c1ncon1. The zero-order valence-electron chi connectivity index (χ0n) is 7.89. The molecule has 0 aliphatic carbocycles. The van der Waals surface area contributed by atoms with E-state index in [4.69, 9.17) is 5.26 Å². The maximum atomic E-state index is 11.3. The number of nitrogens with one attached hydrogen (secondary N) is 1. The zero-order valence-corrected chi connectivity index (χ0v) is 7.89. The number of hydrogen-bond donors (Lipinski definition) is 1. The fraction of sp³-hybridized carbons (Fsp3) is 0.500. The molecule has 2 unspecified atom stereocenters. The second-order valence-electron chi connectivity index (χ2n) is 2.87. The van der Waals surface area contributed by atoms with Crippen molar-refractivity contribution in [3.05, 3.63) is 12.2 Å². The lowest BCUT2D eigenvalue weighted by atomic mass is 10.2. The number of amides is 1. The molecule has 0 saturated heterocycles. The molecule has 0 saturated carbocycles. The van der Waals surface area contributed by atoms with E-state index in [9.17, 15) is 4.79 Å². The predicted molar refractivity (Wildman–Crippen MR) is 45.6 cm³/mol. The maximum Gasteiger partial charge on any atom is 0.237 e. The third-order valence-corrected chi connectivity index (χ3v) is 1.71. The highest BCUT2D eigenvalue weighted by atomic mass is 16.5. The van der Waals surface area contributed by atoms with Gasteiger partial charge in [0.15, 0.2) is 5.82 Å². The molecule has 1 amide bonds. The summed E-state index contributed by atoms with van der Waals surface area (Å²) >= 11 is 0. The molecule has 0 aliphatic rings. The summed E-state index contributed by atoms with van der Waals surface area (Å²) in [5.41, 5.74) is 0. The average Bonchev–Trinajstić information content (AvgIpc) is 2.69. The molecule has 74 valence electrons. The lowest BCUT2D eigenvalue weighted by molar-refractivity contribution is -0.123. The van der Waals surface area contributed by atoms with Gasteiger partial charge in [-0.05, 0) is 13.8 Å². The molecule has 0 aromatic carbocycles. The van der Waals surface area contributed by atoms with Crippen molar-refractivity contribution in [1.82, 2.24) is 15.5 Å². The van der Waals surface area contributed by atoms with Crippen LogP contribution in [0.3, 0.4) is 0 Å². The van der Waals surface area contributed by atoms with Gasteiger partial charge in [-0.25, -0.2) is 0 Å². The van der Waals surface area contributed by atoms with E-state index < -0.39 is 5.92 Å². The number of hydrogen-bond acceptors (Lipinski definition) is 5. The first-order valence-electron chi connectivity index (χ1n) is 4.11. The van der Waals surface area contributed by atoms with Gasteiger partial charge in [-0.2, -0.15) is 10.2 Å². The standard InChI is InChI=1S/C8H10N4O2/c1-5(3-9)8(13)11-6(2)7-10-4-14-12-7/h4-6H,1-2H3,(H,11,13). The van der Waals surface area contributed by atoms with Crippen LogP contribution in [0.5, 0.6) is 0 Å². The Balaban J connectivity index is 2.54. The van der Waals surface area contributed by atoms with Crippen LogP contribution in [0.1, 0.15) is 25.7 Å². The van der Waals surface area contributed by atoms with Crippen LogP contribution in [0.25, 0.3) is 0 Å². The number of nitrogens with zero attached hydrogens (tertiary/aromatic N) is 3. The fourth-order valence-electron chi connectivity index (χ4n) is 0.831. The highest BCUT2D eigenvalue weighted by Gasteiger charge is 2.17. The molecule has 2 atom stereocenters. The van der Waals surface area contributed by atoms with Gasteiger partial charge in [-0.1, -0.05) is 5.16 Å². The molecule has 1 aromatic rings. The molecule has 0 aliphatic heterocycles. The fourth-order valence-corrected chi connectivity index (χ4v) is 0.831. The van der Waals surface area contributed by atoms with E-state index in [0.717, 1.165) is 0 Å². The van der Waals surface area contributed by atoms with E-state index >= 15 is 0 Å². The van der Waals surface area contributed by atoms with E-state index in [1.807, 2.05) is 6.07 Å². The molecule has 14 heavy (non-hydrogen) atoms. The van der Waals surface area contributed by atoms with Crippen LogP contribution in [0.2, 0.25) is 0 Å². The third-order valence-electron chi connectivity index (χ3n) is 1.71. The van der Waals surface area contributed by atoms with Gasteiger partial charge in [0.2, 0.25) is 12.3 Å². The van der Waals surface area contributed by atoms with Crippen LogP contribution in [-0.4, -0.2) is 16.0 Å². The Morgan fingerprint density at radius 2 is 2.43 bits per heavy atom. The van der Waals surface area contributed by atoms with Crippen LogP contribution in [0.15, 0.2) is 10.9 Å². The lowest BCUT2D eigenvalue weighted by Crippen LogP contribution is -2.31. The van der Waals surface area contributed by atoms with E-state index in [-0.39, 0.29) is 11.9 Å². The summed E-state index contributed by atoms with van der Waals surface area (Å²) in [6.45, 7) is 3.24. The second kappa shape index (κ2) is 4.37. The summed E-state index contributed by atoms with van der Waals surface area (Å²) in [5, 5.41) is 14.6. The second-order valence-corrected chi connectivity index (χ2v) is 2.87. The summed E-state index contributed by atoms with van der Waals surface area (Å²) in [4.78, 5) is 15.0. The van der Waals surface area contributed by atoms with Crippen molar-refractivity contribution in [1.29, 1.82) is 5.26 Å². The molecule has 1 N–H and O–H groups in total. The Morgan fingerprint density at radius 3 is 2.93 bits per heavy atom. The van der Waals surface area contributed by atoms with Crippen molar-refractivity contribution in [2.75, 3.05) is 0 Å². The first-order valence-corrected chi connectivity index (χ1v) is 4.11. The van der Waals surface area contributed by atoms with Crippen LogP contribution in [0, 0.1) is 17.2 Å². The number of nitriles is 1. The Morgan fingerprint density at radius 1 is 1.71 bits per heavy atom. The summed E-state index contributed by atoms with van der Waals surface area (Å²) < 4.78 is 4.53. The van der Waals surface area contributed by atoms with Crippen LogP contribution in [0.4, 0.5) is 0 Å².